The third kappa shape index (κ3) is 3.71. The van der Waals surface area contributed by atoms with E-state index in [0.717, 1.165) is 28.7 Å². The maximum atomic E-state index is 12.5. The maximum absolute atomic E-state index is 12.5. The van der Waals surface area contributed by atoms with E-state index < -0.39 is 0 Å². The molecule has 4 rings (SSSR count). The molecule has 2 aromatic heterocycles. The second-order valence-electron chi connectivity index (χ2n) is 6.70. The van der Waals surface area contributed by atoms with Crippen LogP contribution in [0.4, 0.5) is 5.13 Å². The number of thiazole rings is 1. The Morgan fingerprint density at radius 2 is 2.22 bits per heavy atom. The molecule has 0 bridgehead atoms. The predicted molar refractivity (Wildman–Crippen MR) is 104 cm³/mol. The Bertz CT molecular complexity index is 946. The molecule has 7 nitrogen and oxygen atoms in total. The number of carbonyl (C=O) groups excluding carboxylic acids is 2. The molecule has 2 amide bonds. The molecule has 1 atom stereocenters. The highest BCUT2D eigenvalue weighted by molar-refractivity contribution is 7.22. The number of para-hydroxylation sites is 1. The lowest BCUT2D eigenvalue weighted by Crippen LogP contribution is -2.32. The molecule has 1 N–H and O–H groups in total. The van der Waals surface area contributed by atoms with Gasteiger partial charge in [-0.3, -0.25) is 19.2 Å². The number of benzene rings is 1. The van der Waals surface area contributed by atoms with E-state index in [-0.39, 0.29) is 24.2 Å². The molecule has 1 saturated heterocycles. The summed E-state index contributed by atoms with van der Waals surface area (Å²) in [5.41, 5.74) is 1.84. The quantitative estimate of drug-likeness (QED) is 0.709. The van der Waals surface area contributed by atoms with Gasteiger partial charge in [0.1, 0.15) is 0 Å². The fourth-order valence-corrected chi connectivity index (χ4v) is 4.22. The maximum Gasteiger partial charge on any atom is 0.229 e. The van der Waals surface area contributed by atoms with E-state index in [1.54, 1.807) is 11.1 Å². The second kappa shape index (κ2) is 7.48. The molecular weight excluding hydrogens is 362 g/mol. The van der Waals surface area contributed by atoms with Crippen molar-refractivity contribution in [3.8, 4) is 0 Å². The number of hydrogen-bond donors (Lipinski definition) is 1. The highest BCUT2D eigenvalue weighted by atomic mass is 32.1. The molecule has 0 spiro atoms. The van der Waals surface area contributed by atoms with E-state index in [1.807, 2.05) is 35.1 Å². The number of nitrogens with zero attached hydrogens (tertiary/aromatic N) is 4. The zero-order valence-corrected chi connectivity index (χ0v) is 15.9. The van der Waals surface area contributed by atoms with Crippen molar-refractivity contribution in [1.29, 1.82) is 0 Å². The van der Waals surface area contributed by atoms with Crippen molar-refractivity contribution in [2.24, 2.45) is 5.92 Å². The summed E-state index contributed by atoms with van der Waals surface area (Å²) >= 11 is 1.48. The molecule has 1 unspecified atom stereocenters. The van der Waals surface area contributed by atoms with Gasteiger partial charge >= 0.3 is 0 Å². The average Bonchev–Trinajstić information content (AvgIpc) is 3.37. The molecule has 8 heteroatoms. The Morgan fingerprint density at radius 3 is 3.04 bits per heavy atom. The molecule has 3 aromatic rings. The van der Waals surface area contributed by atoms with Crippen LogP contribution in [-0.4, -0.2) is 33.1 Å². The van der Waals surface area contributed by atoms with E-state index in [1.165, 1.54) is 11.3 Å². The van der Waals surface area contributed by atoms with Gasteiger partial charge < -0.3 is 5.32 Å². The molecule has 1 fully saturated rings. The largest absolute Gasteiger partial charge is 0.352 e. The van der Waals surface area contributed by atoms with Crippen LogP contribution in [0.1, 0.15) is 25.3 Å². The summed E-state index contributed by atoms with van der Waals surface area (Å²) in [5.74, 6) is -0.504. The van der Waals surface area contributed by atoms with Crippen molar-refractivity contribution < 1.29 is 9.59 Å². The fraction of sp³-hybridized carbons (Fsp3) is 0.368. The summed E-state index contributed by atoms with van der Waals surface area (Å²) in [7, 11) is 0. The van der Waals surface area contributed by atoms with E-state index in [0.29, 0.717) is 18.2 Å². The van der Waals surface area contributed by atoms with Crippen LogP contribution in [0.15, 0.2) is 36.7 Å². The molecule has 1 aliphatic rings. The van der Waals surface area contributed by atoms with Gasteiger partial charge in [0.25, 0.3) is 0 Å². The monoisotopic (exact) mass is 383 g/mol. The summed E-state index contributed by atoms with van der Waals surface area (Å²) in [4.78, 5) is 31.1. The van der Waals surface area contributed by atoms with Gasteiger partial charge in [-0.15, -0.1) is 0 Å². The molecule has 3 heterocycles. The summed E-state index contributed by atoms with van der Waals surface area (Å²) < 4.78 is 2.91. The van der Waals surface area contributed by atoms with E-state index in [2.05, 4.69) is 22.3 Å². The van der Waals surface area contributed by atoms with E-state index >= 15 is 0 Å². The van der Waals surface area contributed by atoms with Crippen molar-refractivity contribution in [2.45, 2.75) is 32.9 Å². The van der Waals surface area contributed by atoms with Crippen molar-refractivity contribution >= 4 is 38.5 Å². The lowest BCUT2D eigenvalue weighted by Gasteiger charge is -2.13. The normalized spacial score (nSPS) is 17.0. The number of amides is 2. The Morgan fingerprint density at radius 1 is 1.37 bits per heavy atom. The first-order valence-corrected chi connectivity index (χ1v) is 9.90. The Labute approximate surface area is 161 Å². The van der Waals surface area contributed by atoms with Gasteiger partial charge in [-0.25, -0.2) is 4.98 Å². The van der Waals surface area contributed by atoms with Gasteiger partial charge in [-0.05, 0) is 18.6 Å². The van der Waals surface area contributed by atoms with Gasteiger partial charge in [0.2, 0.25) is 11.8 Å². The van der Waals surface area contributed by atoms with E-state index in [9.17, 15) is 9.59 Å². The van der Waals surface area contributed by atoms with Crippen LogP contribution in [-0.2, 0) is 22.7 Å². The minimum absolute atomic E-state index is 0.0510. The molecule has 1 aromatic carbocycles. The van der Waals surface area contributed by atoms with E-state index in [4.69, 9.17) is 0 Å². The van der Waals surface area contributed by atoms with Crippen molar-refractivity contribution in [3.63, 3.8) is 0 Å². The summed E-state index contributed by atoms with van der Waals surface area (Å²) in [6.45, 7) is 3.76. The number of aryl methyl sites for hydroxylation is 1. The van der Waals surface area contributed by atoms with Crippen molar-refractivity contribution in [1.82, 2.24) is 20.1 Å². The molecule has 1 aliphatic heterocycles. The first-order valence-electron chi connectivity index (χ1n) is 9.09. The van der Waals surface area contributed by atoms with Gasteiger partial charge in [0.15, 0.2) is 5.13 Å². The molecule has 0 radical (unpaired) electrons. The van der Waals surface area contributed by atoms with Crippen LogP contribution in [0.25, 0.3) is 10.2 Å². The first kappa shape index (κ1) is 17.7. The average molecular weight is 383 g/mol. The highest BCUT2D eigenvalue weighted by Crippen LogP contribution is 2.32. The molecule has 0 aliphatic carbocycles. The van der Waals surface area contributed by atoms with Crippen LogP contribution in [0.5, 0.6) is 0 Å². The summed E-state index contributed by atoms with van der Waals surface area (Å²) in [5, 5.41) is 7.85. The van der Waals surface area contributed by atoms with Crippen LogP contribution < -0.4 is 10.2 Å². The summed E-state index contributed by atoms with van der Waals surface area (Å²) in [6.07, 6.45) is 4.94. The standard InChI is InChI=1S/C19H21N5O2S/c1-2-7-23-11-13(10-21-23)9-20-18(26)14-8-17(25)24(12-14)19-22-15-5-3-4-6-16(15)27-19/h3-6,10-11,14H,2,7-9,12H2,1H3,(H,20,26). The topological polar surface area (TPSA) is 80.1 Å². The van der Waals surface area contributed by atoms with Gasteiger partial charge in [0.05, 0.1) is 22.3 Å². The molecular formula is C19H21N5O2S. The van der Waals surface area contributed by atoms with Crippen molar-refractivity contribution in [3.05, 3.63) is 42.2 Å². The summed E-state index contributed by atoms with van der Waals surface area (Å²) in [6, 6.07) is 7.80. The van der Waals surface area contributed by atoms with Gasteiger partial charge in [-0.2, -0.15) is 5.10 Å². The number of fused-ring (bicyclic) bond motifs is 1. The number of aromatic nitrogens is 3. The smallest absolute Gasteiger partial charge is 0.229 e. The highest BCUT2D eigenvalue weighted by Gasteiger charge is 2.36. The molecule has 140 valence electrons. The number of anilines is 1. The van der Waals surface area contributed by atoms with Crippen LogP contribution in [0.3, 0.4) is 0 Å². The van der Waals surface area contributed by atoms with Crippen LogP contribution in [0, 0.1) is 5.92 Å². The Hall–Kier alpha value is -2.74. The minimum atomic E-state index is -0.352. The lowest BCUT2D eigenvalue weighted by molar-refractivity contribution is -0.126. The fourth-order valence-electron chi connectivity index (χ4n) is 3.23. The molecule has 27 heavy (non-hydrogen) atoms. The first-order chi connectivity index (χ1) is 13.1. The number of hydrogen-bond acceptors (Lipinski definition) is 5. The third-order valence-electron chi connectivity index (χ3n) is 4.62. The third-order valence-corrected chi connectivity index (χ3v) is 5.67. The van der Waals surface area contributed by atoms with Crippen LogP contribution >= 0.6 is 11.3 Å². The lowest BCUT2D eigenvalue weighted by atomic mass is 10.1. The number of carbonyl (C=O) groups is 2. The Balaban J connectivity index is 1.38. The SMILES string of the molecule is CCCn1cc(CNC(=O)C2CC(=O)N(c3nc4ccccc4s3)C2)cn1. The zero-order valence-electron chi connectivity index (χ0n) is 15.1. The molecule has 0 saturated carbocycles. The number of rotatable bonds is 6. The van der Waals surface area contributed by atoms with Gasteiger partial charge in [-0.1, -0.05) is 30.4 Å². The predicted octanol–water partition coefficient (Wildman–Crippen LogP) is 2.57. The van der Waals surface area contributed by atoms with Gasteiger partial charge in [0, 0.05) is 37.8 Å². The van der Waals surface area contributed by atoms with Crippen LogP contribution in [0.2, 0.25) is 0 Å². The van der Waals surface area contributed by atoms with Crippen molar-refractivity contribution in [2.75, 3.05) is 11.4 Å². The second-order valence-corrected chi connectivity index (χ2v) is 7.71. The Kier molecular flexibility index (Phi) is 4.89. The zero-order chi connectivity index (χ0) is 18.8. The number of nitrogens with one attached hydrogen (secondary N) is 1. The minimum Gasteiger partial charge on any atom is -0.352 e.